The van der Waals surface area contributed by atoms with Gasteiger partial charge < -0.3 is 19.2 Å². The van der Waals surface area contributed by atoms with E-state index in [0.717, 1.165) is 11.6 Å². The predicted molar refractivity (Wildman–Crippen MR) is 153 cm³/mol. The molecule has 0 unspecified atom stereocenters. The molecule has 8 nitrogen and oxygen atoms in total. The lowest BCUT2D eigenvalue weighted by Gasteiger charge is -2.37. The first-order valence-corrected chi connectivity index (χ1v) is 16.1. The smallest absolute Gasteiger partial charge is 0.407 e. The van der Waals surface area contributed by atoms with Gasteiger partial charge in [0.05, 0.1) is 23.9 Å². The van der Waals surface area contributed by atoms with Crippen LogP contribution in [0, 0.1) is 5.82 Å². The number of nitrogens with zero attached hydrogens (tertiary/aromatic N) is 3. The number of benzene rings is 1. The second-order valence-electron chi connectivity index (χ2n) is 12.0. The third kappa shape index (κ3) is 9.05. The zero-order valence-corrected chi connectivity index (χ0v) is 25.6. The van der Waals surface area contributed by atoms with Gasteiger partial charge in [0.15, 0.2) is 14.1 Å². The van der Waals surface area contributed by atoms with Crippen molar-refractivity contribution in [3.63, 3.8) is 0 Å². The summed E-state index contributed by atoms with van der Waals surface area (Å²) in [6.07, 6.45) is 2.07. The van der Waals surface area contributed by atoms with Crippen molar-refractivity contribution in [1.29, 1.82) is 0 Å². The fraction of sp³-hybridized carbons (Fsp3) is 0.464. The lowest BCUT2D eigenvalue weighted by Crippen LogP contribution is -2.46. The Morgan fingerprint density at radius 1 is 1.15 bits per heavy atom. The molecule has 0 saturated heterocycles. The van der Waals surface area contributed by atoms with E-state index in [4.69, 9.17) is 25.5 Å². The molecule has 212 valence electrons. The summed E-state index contributed by atoms with van der Waals surface area (Å²) in [5.41, 5.74) is 1.01. The first-order valence-electron chi connectivity index (χ1n) is 12.8. The summed E-state index contributed by atoms with van der Waals surface area (Å²) < 4.78 is 33.6. The van der Waals surface area contributed by atoms with Crippen LogP contribution in [0.5, 0.6) is 11.6 Å². The average Bonchev–Trinajstić information content (AvgIpc) is 3.26. The van der Waals surface area contributed by atoms with E-state index in [0.29, 0.717) is 18.0 Å². The normalized spacial score (nSPS) is 13.2. The number of nitrogens with one attached hydrogen (secondary N) is 1. The van der Waals surface area contributed by atoms with Gasteiger partial charge in [-0.05, 0) is 63.2 Å². The molecule has 39 heavy (non-hydrogen) atoms. The quantitative estimate of drug-likeness (QED) is 0.266. The summed E-state index contributed by atoms with van der Waals surface area (Å²) in [6.45, 7) is 17.1. The molecule has 0 saturated carbocycles. The summed E-state index contributed by atoms with van der Waals surface area (Å²) in [4.78, 5) is 16.5. The summed E-state index contributed by atoms with van der Waals surface area (Å²) in [5.74, 6) is -0.422. The average molecular weight is 577 g/mol. The first-order chi connectivity index (χ1) is 18.0. The highest BCUT2D eigenvalue weighted by Gasteiger charge is 2.38. The monoisotopic (exact) mass is 576 g/mol. The largest absolute Gasteiger partial charge is 0.442 e. The Kier molecular flexibility index (Phi) is 9.46. The van der Waals surface area contributed by atoms with Crippen molar-refractivity contribution in [1.82, 2.24) is 20.1 Å². The first kappa shape index (κ1) is 30.6. The van der Waals surface area contributed by atoms with E-state index in [1.54, 1.807) is 22.9 Å². The molecule has 2 aromatic heterocycles. The number of ether oxygens (including phenoxy) is 2. The molecule has 0 bridgehead atoms. The van der Waals surface area contributed by atoms with Crippen LogP contribution >= 0.6 is 11.6 Å². The molecule has 3 rings (SSSR count). The van der Waals surface area contributed by atoms with Crippen molar-refractivity contribution in [2.45, 2.75) is 77.9 Å². The molecular weight excluding hydrogens is 539 g/mol. The highest BCUT2D eigenvalue weighted by molar-refractivity contribution is 6.74. The number of amides is 1. The van der Waals surface area contributed by atoms with Crippen molar-refractivity contribution < 1.29 is 23.1 Å². The lowest BCUT2D eigenvalue weighted by molar-refractivity contribution is 0.0454. The van der Waals surface area contributed by atoms with E-state index in [1.165, 1.54) is 6.20 Å². The molecule has 0 fully saturated rings. The molecule has 0 aliphatic carbocycles. The van der Waals surface area contributed by atoms with Gasteiger partial charge in [-0.1, -0.05) is 44.5 Å². The molecule has 1 amide bonds. The van der Waals surface area contributed by atoms with Gasteiger partial charge in [-0.25, -0.2) is 14.2 Å². The van der Waals surface area contributed by atoms with E-state index in [2.05, 4.69) is 49.3 Å². The Hall–Kier alpha value is -2.95. The maximum absolute atomic E-state index is 14.1. The maximum atomic E-state index is 14.1. The second-order valence-corrected chi connectivity index (χ2v) is 17.2. The molecule has 11 heteroatoms. The molecule has 1 N–H and O–H groups in total. The standard InChI is InChI=1S/C28H38ClFN4O4Si/c1-27(2,3)32-26(35)38-22(18-36-39(7,8)28(4,5)6)17-34-13-12-24(33-34)19-10-9-11-21(14-19)37-25-23(30)15-20(29)16-31-25/h9-16,22H,17-18H2,1-8H3,(H,32,35)/t22-/m0/s1. The van der Waals surface area contributed by atoms with Crippen LogP contribution < -0.4 is 10.1 Å². The zero-order chi connectivity index (χ0) is 29.0. The number of carbonyl (C=O) groups is 1. The minimum Gasteiger partial charge on any atom is -0.442 e. The van der Waals surface area contributed by atoms with E-state index in [-0.39, 0.29) is 22.5 Å². The topological polar surface area (TPSA) is 87.5 Å². The van der Waals surface area contributed by atoms with Crippen LogP contribution in [-0.4, -0.2) is 47.4 Å². The third-order valence-electron chi connectivity index (χ3n) is 6.34. The second kappa shape index (κ2) is 12.1. The number of pyridine rings is 1. The van der Waals surface area contributed by atoms with Crippen LogP contribution in [0.25, 0.3) is 11.3 Å². The number of hydrogen-bond acceptors (Lipinski definition) is 6. The minimum absolute atomic E-state index is 0.0155. The molecular formula is C28H38ClFN4O4Si. The number of aromatic nitrogens is 3. The Morgan fingerprint density at radius 3 is 2.51 bits per heavy atom. The summed E-state index contributed by atoms with van der Waals surface area (Å²) >= 11 is 5.78. The molecule has 1 atom stereocenters. The van der Waals surface area contributed by atoms with E-state index < -0.39 is 31.9 Å². The number of alkyl carbamates (subject to hydrolysis) is 1. The highest BCUT2D eigenvalue weighted by Crippen LogP contribution is 2.36. The van der Waals surface area contributed by atoms with Crippen LogP contribution in [0.15, 0.2) is 48.8 Å². The number of rotatable bonds is 9. The van der Waals surface area contributed by atoms with E-state index in [9.17, 15) is 9.18 Å². The van der Waals surface area contributed by atoms with Gasteiger partial charge in [0.2, 0.25) is 0 Å². The minimum atomic E-state index is -2.07. The van der Waals surface area contributed by atoms with Crippen molar-refractivity contribution in [3.05, 3.63) is 59.6 Å². The van der Waals surface area contributed by atoms with Crippen LogP contribution in [0.1, 0.15) is 41.5 Å². The summed E-state index contributed by atoms with van der Waals surface area (Å²) in [7, 11) is -2.07. The molecule has 1 aromatic carbocycles. The van der Waals surface area contributed by atoms with Crippen molar-refractivity contribution in [3.8, 4) is 22.9 Å². The predicted octanol–water partition coefficient (Wildman–Crippen LogP) is 7.45. The van der Waals surface area contributed by atoms with Gasteiger partial charge in [0.25, 0.3) is 5.88 Å². The number of carbonyl (C=O) groups excluding carboxylic acids is 1. The number of hydrogen-bond donors (Lipinski definition) is 1. The van der Waals surface area contributed by atoms with E-state index >= 15 is 0 Å². The Morgan fingerprint density at radius 2 is 1.87 bits per heavy atom. The maximum Gasteiger partial charge on any atom is 0.407 e. The Labute approximate surface area is 236 Å². The third-order valence-corrected chi connectivity index (χ3v) is 11.0. The Bertz CT molecular complexity index is 1290. The van der Waals surface area contributed by atoms with Crippen molar-refractivity contribution >= 4 is 26.0 Å². The van der Waals surface area contributed by atoms with Gasteiger partial charge >= 0.3 is 6.09 Å². The molecule has 0 aliphatic heterocycles. The lowest BCUT2D eigenvalue weighted by atomic mass is 10.1. The SMILES string of the molecule is CC(C)(C)NC(=O)O[C@H](CO[Si](C)(C)C(C)(C)C)Cn1ccc(-c2cccc(Oc3ncc(Cl)cc3F)c2)n1. The fourth-order valence-corrected chi connectivity index (χ4v) is 4.44. The highest BCUT2D eigenvalue weighted by atomic mass is 35.5. The Balaban J connectivity index is 1.76. The van der Waals surface area contributed by atoms with Gasteiger partial charge in [0, 0.05) is 23.5 Å². The summed E-state index contributed by atoms with van der Waals surface area (Å²) in [6, 6.07) is 10.1. The molecule has 3 aromatic rings. The molecule has 2 heterocycles. The van der Waals surface area contributed by atoms with E-state index in [1.807, 2.05) is 39.1 Å². The fourth-order valence-electron chi connectivity index (χ4n) is 3.26. The zero-order valence-electron chi connectivity index (χ0n) is 23.8. The van der Waals surface area contributed by atoms with Gasteiger partial charge in [-0.3, -0.25) is 4.68 Å². The van der Waals surface area contributed by atoms with Crippen molar-refractivity contribution in [2.75, 3.05) is 6.61 Å². The van der Waals surface area contributed by atoms with Crippen LogP contribution in [-0.2, 0) is 15.7 Å². The summed E-state index contributed by atoms with van der Waals surface area (Å²) in [5, 5.41) is 7.71. The number of halogens is 2. The van der Waals surface area contributed by atoms with Crippen LogP contribution in [0.4, 0.5) is 9.18 Å². The van der Waals surface area contributed by atoms with Crippen LogP contribution in [0.3, 0.4) is 0 Å². The van der Waals surface area contributed by atoms with Crippen LogP contribution in [0.2, 0.25) is 23.2 Å². The molecule has 0 spiro atoms. The molecule has 0 radical (unpaired) electrons. The van der Waals surface area contributed by atoms with Crippen molar-refractivity contribution in [2.24, 2.45) is 0 Å². The van der Waals surface area contributed by atoms with Gasteiger partial charge in [-0.15, -0.1) is 0 Å². The van der Waals surface area contributed by atoms with Gasteiger partial charge in [-0.2, -0.15) is 5.10 Å². The molecule has 0 aliphatic rings. The van der Waals surface area contributed by atoms with Gasteiger partial charge in [0.1, 0.15) is 11.9 Å².